The Morgan fingerprint density at radius 2 is 2.06 bits per heavy atom. The van der Waals surface area contributed by atoms with Crippen LogP contribution in [0.15, 0.2) is 0 Å². The number of hydrogen-bond acceptors (Lipinski definition) is 3. The smallest absolute Gasteiger partial charge is 0.326 e. The van der Waals surface area contributed by atoms with Crippen LogP contribution in [0.4, 0.5) is 4.79 Å². The standard InChI is InChI=1S/C10H18N2O4/c1-10(4-2-5-10)12-9(16)11-7(3-6-13)8(14)15/h7,13H,2-6H2,1H3,(H,14,15)(H2,11,12,16)/t7-/m0/s1. The van der Waals surface area contributed by atoms with Crippen LogP contribution in [0, 0.1) is 0 Å². The molecule has 1 aliphatic rings. The molecule has 0 heterocycles. The van der Waals surface area contributed by atoms with Crippen molar-refractivity contribution >= 4 is 12.0 Å². The van der Waals surface area contributed by atoms with E-state index in [4.69, 9.17) is 10.2 Å². The molecule has 0 aromatic rings. The van der Waals surface area contributed by atoms with Crippen LogP contribution in [0.5, 0.6) is 0 Å². The van der Waals surface area contributed by atoms with Gasteiger partial charge in [-0.15, -0.1) is 0 Å². The van der Waals surface area contributed by atoms with Gasteiger partial charge in [0.2, 0.25) is 0 Å². The van der Waals surface area contributed by atoms with E-state index >= 15 is 0 Å². The molecule has 0 spiro atoms. The van der Waals surface area contributed by atoms with E-state index in [1.165, 1.54) is 0 Å². The van der Waals surface area contributed by atoms with Crippen LogP contribution in [-0.2, 0) is 4.79 Å². The van der Waals surface area contributed by atoms with Crippen molar-refractivity contribution in [2.24, 2.45) is 0 Å². The fraction of sp³-hybridized carbons (Fsp3) is 0.800. The van der Waals surface area contributed by atoms with Crippen molar-refractivity contribution in [2.75, 3.05) is 6.61 Å². The lowest BCUT2D eigenvalue weighted by Crippen LogP contribution is -2.56. The maximum Gasteiger partial charge on any atom is 0.326 e. The topological polar surface area (TPSA) is 98.7 Å². The fourth-order valence-corrected chi connectivity index (χ4v) is 1.69. The van der Waals surface area contributed by atoms with Gasteiger partial charge < -0.3 is 20.8 Å². The van der Waals surface area contributed by atoms with Crippen LogP contribution in [0.25, 0.3) is 0 Å². The van der Waals surface area contributed by atoms with Gasteiger partial charge in [-0.05, 0) is 26.2 Å². The number of urea groups is 1. The normalized spacial score (nSPS) is 19.4. The molecule has 1 fully saturated rings. The van der Waals surface area contributed by atoms with Gasteiger partial charge in [-0.25, -0.2) is 9.59 Å². The van der Waals surface area contributed by atoms with Crippen molar-refractivity contribution in [3.05, 3.63) is 0 Å². The third-order valence-corrected chi connectivity index (χ3v) is 2.89. The lowest BCUT2D eigenvalue weighted by molar-refractivity contribution is -0.139. The molecule has 0 radical (unpaired) electrons. The zero-order valence-electron chi connectivity index (χ0n) is 9.32. The number of carbonyl (C=O) groups excluding carboxylic acids is 1. The van der Waals surface area contributed by atoms with Crippen molar-refractivity contribution < 1.29 is 19.8 Å². The van der Waals surface area contributed by atoms with Gasteiger partial charge in [0.05, 0.1) is 0 Å². The van der Waals surface area contributed by atoms with E-state index in [2.05, 4.69) is 10.6 Å². The fourth-order valence-electron chi connectivity index (χ4n) is 1.69. The number of amides is 2. The number of carboxylic acids is 1. The molecule has 92 valence electrons. The van der Waals surface area contributed by atoms with Crippen molar-refractivity contribution in [1.29, 1.82) is 0 Å². The van der Waals surface area contributed by atoms with Crippen molar-refractivity contribution in [3.8, 4) is 0 Å². The van der Waals surface area contributed by atoms with Gasteiger partial charge in [0.1, 0.15) is 6.04 Å². The zero-order chi connectivity index (χ0) is 12.2. The first-order valence-electron chi connectivity index (χ1n) is 5.39. The Kier molecular flexibility index (Phi) is 4.12. The number of carboxylic acid groups (broad SMARTS) is 1. The third-order valence-electron chi connectivity index (χ3n) is 2.89. The summed E-state index contributed by atoms with van der Waals surface area (Å²) in [4.78, 5) is 22.2. The summed E-state index contributed by atoms with van der Waals surface area (Å²) in [6.07, 6.45) is 2.92. The van der Waals surface area contributed by atoms with Gasteiger partial charge in [0.25, 0.3) is 0 Å². The molecular weight excluding hydrogens is 212 g/mol. The van der Waals surface area contributed by atoms with Gasteiger partial charge in [-0.3, -0.25) is 0 Å². The number of aliphatic carboxylic acids is 1. The van der Waals surface area contributed by atoms with Crippen LogP contribution in [0.3, 0.4) is 0 Å². The minimum atomic E-state index is -1.14. The minimum Gasteiger partial charge on any atom is -0.480 e. The van der Waals surface area contributed by atoms with Gasteiger partial charge in [-0.2, -0.15) is 0 Å². The Labute approximate surface area is 94.0 Å². The number of hydrogen-bond donors (Lipinski definition) is 4. The maximum absolute atomic E-state index is 11.5. The number of nitrogens with one attached hydrogen (secondary N) is 2. The van der Waals surface area contributed by atoms with Crippen molar-refractivity contribution in [2.45, 2.75) is 44.2 Å². The lowest BCUT2D eigenvalue weighted by Gasteiger charge is -2.39. The molecule has 1 aliphatic carbocycles. The second kappa shape index (κ2) is 5.16. The first kappa shape index (κ1) is 12.8. The van der Waals surface area contributed by atoms with Gasteiger partial charge in [0.15, 0.2) is 0 Å². The quantitative estimate of drug-likeness (QED) is 0.537. The highest BCUT2D eigenvalue weighted by Gasteiger charge is 2.33. The second-order valence-electron chi connectivity index (χ2n) is 4.42. The SMILES string of the molecule is CC1(NC(=O)N[C@@H](CCO)C(=O)O)CCC1. The highest BCUT2D eigenvalue weighted by Crippen LogP contribution is 2.30. The molecule has 1 saturated carbocycles. The molecule has 0 aromatic carbocycles. The average molecular weight is 230 g/mol. The number of carbonyl (C=O) groups is 2. The van der Waals surface area contributed by atoms with E-state index in [0.29, 0.717) is 0 Å². The Bertz CT molecular complexity index is 276. The summed E-state index contributed by atoms with van der Waals surface area (Å²) < 4.78 is 0. The largest absolute Gasteiger partial charge is 0.480 e. The van der Waals surface area contributed by atoms with E-state index in [1.807, 2.05) is 6.92 Å². The molecule has 4 N–H and O–H groups in total. The lowest BCUT2D eigenvalue weighted by atomic mass is 9.79. The Morgan fingerprint density at radius 3 is 2.44 bits per heavy atom. The molecule has 6 heteroatoms. The molecule has 0 saturated heterocycles. The Hall–Kier alpha value is -1.30. The highest BCUT2D eigenvalue weighted by atomic mass is 16.4. The van der Waals surface area contributed by atoms with Crippen molar-refractivity contribution in [1.82, 2.24) is 10.6 Å². The molecule has 2 amide bonds. The summed E-state index contributed by atoms with van der Waals surface area (Å²) in [5.74, 6) is -1.14. The van der Waals surface area contributed by atoms with E-state index in [-0.39, 0.29) is 18.6 Å². The number of aliphatic hydroxyl groups is 1. The maximum atomic E-state index is 11.5. The molecule has 0 bridgehead atoms. The summed E-state index contributed by atoms with van der Waals surface area (Å²) in [7, 11) is 0. The van der Waals surface area contributed by atoms with Crippen LogP contribution >= 0.6 is 0 Å². The number of aliphatic hydroxyl groups excluding tert-OH is 1. The Balaban J connectivity index is 2.39. The van der Waals surface area contributed by atoms with Crippen molar-refractivity contribution in [3.63, 3.8) is 0 Å². The predicted molar refractivity (Wildman–Crippen MR) is 57.1 cm³/mol. The number of rotatable bonds is 5. The van der Waals surface area contributed by atoms with Crippen LogP contribution in [0.2, 0.25) is 0 Å². The monoisotopic (exact) mass is 230 g/mol. The molecule has 1 rings (SSSR count). The summed E-state index contributed by atoms with van der Waals surface area (Å²) >= 11 is 0. The third kappa shape index (κ3) is 3.37. The van der Waals surface area contributed by atoms with E-state index < -0.39 is 18.0 Å². The predicted octanol–water partition coefficient (Wildman–Crippen LogP) is 0.0638. The second-order valence-corrected chi connectivity index (χ2v) is 4.42. The first-order valence-corrected chi connectivity index (χ1v) is 5.39. The Morgan fingerprint density at radius 1 is 1.44 bits per heavy atom. The molecule has 0 aliphatic heterocycles. The van der Waals surface area contributed by atoms with E-state index in [1.54, 1.807) is 0 Å². The van der Waals surface area contributed by atoms with E-state index in [0.717, 1.165) is 19.3 Å². The highest BCUT2D eigenvalue weighted by molar-refractivity contribution is 5.82. The van der Waals surface area contributed by atoms with Crippen LogP contribution in [-0.4, -0.2) is 40.4 Å². The minimum absolute atomic E-state index is 0.0134. The summed E-state index contributed by atoms with van der Waals surface area (Å²) in [6, 6.07) is -1.52. The van der Waals surface area contributed by atoms with Gasteiger partial charge in [0, 0.05) is 18.6 Å². The summed E-state index contributed by atoms with van der Waals surface area (Å²) in [5.41, 5.74) is -0.202. The van der Waals surface area contributed by atoms with Gasteiger partial charge >= 0.3 is 12.0 Å². The molecule has 16 heavy (non-hydrogen) atoms. The van der Waals surface area contributed by atoms with E-state index in [9.17, 15) is 9.59 Å². The van der Waals surface area contributed by atoms with Crippen LogP contribution in [0.1, 0.15) is 32.6 Å². The molecular formula is C10H18N2O4. The zero-order valence-corrected chi connectivity index (χ0v) is 9.32. The van der Waals surface area contributed by atoms with Gasteiger partial charge in [-0.1, -0.05) is 0 Å². The average Bonchev–Trinajstić information content (AvgIpc) is 2.14. The molecule has 6 nitrogen and oxygen atoms in total. The molecule has 1 atom stereocenters. The molecule has 0 aromatic heterocycles. The molecule has 0 unspecified atom stereocenters. The van der Waals surface area contributed by atoms with Crippen LogP contribution < -0.4 is 10.6 Å². The first-order chi connectivity index (χ1) is 7.47. The summed E-state index contributed by atoms with van der Waals surface area (Å²) in [5, 5.41) is 22.5. The summed E-state index contributed by atoms with van der Waals surface area (Å²) in [6.45, 7) is 1.66.